The average molecular weight is 565 g/mol. The Hall–Kier alpha value is -2.82. The van der Waals surface area contributed by atoms with Gasteiger partial charge in [0, 0.05) is 47.9 Å². The van der Waals surface area contributed by atoms with E-state index in [-0.39, 0.29) is 23.3 Å². The van der Waals surface area contributed by atoms with E-state index in [0.29, 0.717) is 36.9 Å². The Morgan fingerprint density at radius 2 is 1.66 bits per heavy atom. The third-order valence-corrected chi connectivity index (χ3v) is 8.38. The summed E-state index contributed by atoms with van der Waals surface area (Å²) in [6.07, 6.45) is 1.48. The number of hydrogen-bond acceptors (Lipinski definition) is 5. The van der Waals surface area contributed by atoms with E-state index in [0.717, 1.165) is 28.4 Å². The molecule has 1 aromatic heterocycles. The van der Waals surface area contributed by atoms with Crippen LogP contribution in [0.15, 0.2) is 53.5 Å². The molecular formula is C27H31ClF2N4O3S. The largest absolute Gasteiger partial charge is 0.485 e. The van der Waals surface area contributed by atoms with Gasteiger partial charge in [-0.1, -0.05) is 37.6 Å². The second kappa shape index (κ2) is 11.5. The zero-order valence-electron chi connectivity index (χ0n) is 21.8. The number of anilines is 1. The third kappa shape index (κ3) is 6.24. The summed E-state index contributed by atoms with van der Waals surface area (Å²) < 4.78 is 49.5. The lowest BCUT2D eigenvalue weighted by Gasteiger charge is -2.36. The maximum Gasteiger partial charge on any atom is 0.316 e. The van der Waals surface area contributed by atoms with Crippen LogP contribution in [0, 0.1) is 11.6 Å². The van der Waals surface area contributed by atoms with Crippen LogP contribution in [0.4, 0.5) is 14.5 Å². The summed E-state index contributed by atoms with van der Waals surface area (Å²) in [6.45, 7) is 10.0. The highest BCUT2D eigenvalue weighted by Gasteiger charge is 2.29. The number of hydrogen-bond donors (Lipinski definition) is 0. The summed E-state index contributed by atoms with van der Waals surface area (Å²) in [5.41, 5.74) is 0.283. The SMILES string of the molecule is CC(C)S(=O)N1CCN(c2cnn(-c3cc(F)cc(F)c3)c(=O)c2OCC(C)(C)c2ccc(Cl)cc2)CC1. The standard InChI is InChI=1S/C27H31ClF2N4O3S/c1-18(2)38(36)33-11-9-32(10-12-33)24-16-31-34(23-14-21(29)13-22(30)15-23)26(35)25(24)37-17-27(3,4)19-5-7-20(28)8-6-19/h5-8,13-16,18H,9-12,17H2,1-4H3. The van der Waals surface area contributed by atoms with Gasteiger partial charge in [-0.2, -0.15) is 9.78 Å². The molecule has 11 heteroatoms. The van der Waals surface area contributed by atoms with Crippen molar-refractivity contribution >= 4 is 28.3 Å². The first kappa shape index (κ1) is 28.2. The summed E-state index contributed by atoms with van der Waals surface area (Å²) in [5.74, 6) is -1.61. The van der Waals surface area contributed by atoms with Crippen molar-refractivity contribution in [2.45, 2.75) is 38.4 Å². The number of nitrogens with zero attached hydrogens (tertiary/aromatic N) is 4. The number of benzene rings is 2. The number of halogens is 3. The highest BCUT2D eigenvalue weighted by molar-refractivity contribution is 7.83. The fourth-order valence-electron chi connectivity index (χ4n) is 4.28. The van der Waals surface area contributed by atoms with Crippen LogP contribution in [0.3, 0.4) is 0 Å². The zero-order chi connectivity index (χ0) is 27.6. The Morgan fingerprint density at radius 1 is 1.05 bits per heavy atom. The van der Waals surface area contributed by atoms with E-state index in [9.17, 15) is 17.8 Å². The van der Waals surface area contributed by atoms with Gasteiger partial charge in [-0.25, -0.2) is 17.3 Å². The van der Waals surface area contributed by atoms with Crippen molar-refractivity contribution in [3.8, 4) is 11.4 Å². The Morgan fingerprint density at radius 3 is 2.24 bits per heavy atom. The average Bonchev–Trinajstić information content (AvgIpc) is 2.87. The molecule has 0 saturated carbocycles. The molecule has 1 fully saturated rings. The number of rotatable bonds is 8. The molecule has 2 aromatic carbocycles. The first-order valence-corrected chi connectivity index (χ1v) is 13.9. The fourth-order valence-corrected chi connectivity index (χ4v) is 5.53. The Bertz CT molecular complexity index is 1350. The number of aromatic nitrogens is 2. The van der Waals surface area contributed by atoms with Crippen LogP contribution in [0.2, 0.25) is 5.02 Å². The van der Waals surface area contributed by atoms with Crippen molar-refractivity contribution in [3.63, 3.8) is 0 Å². The van der Waals surface area contributed by atoms with Crippen molar-refractivity contribution in [3.05, 3.63) is 81.2 Å². The van der Waals surface area contributed by atoms with Crippen molar-refractivity contribution < 1.29 is 17.7 Å². The van der Waals surface area contributed by atoms with E-state index >= 15 is 0 Å². The van der Waals surface area contributed by atoms with Gasteiger partial charge in [-0.05, 0) is 43.7 Å². The molecule has 0 bridgehead atoms. The van der Waals surface area contributed by atoms with E-state index in [2.05, 4.69) is 5.10 Å². The quantitative estimate of drug-likeness (QED) is 0.396. The molecule has 2 heterocycles. The van der Waals surface area contributed by atoms with Gasteiger partial charge in [-0.15, -0.1) is 0 Å². The van der Waals surface area contributed by atoms with E-state index in [4.69, 9.17) is 16.3 Å². The lowest BCUT2D eigenvalue weighted by molar-refractivity contribution is 0.236. The highest BCUT2D eigenvalue weighted by Crippen LogP contribution is 2.30. The highest BCUT2D eigenvalue weighted by atomic mass is 35.5. The van der Waals surface area contributed by atoms with Crippen LogP contribution in [0.25, 0.3) is 5.69 Å². The topological polar surface area (TPSA) is 67.7 Å². The predicted octanol–water partition coefficient (Wildman–Crippen LogP) is 4.71. The van der Waals surface area contributed by atoms with Gasteiger partial charge in [0.05, 0.1) is 29.5 Å². The maximum atomic E-state index is 13.9. The van der Waals surface area contributed by atoms with Crippen LogP contribution in [-0.2, 0) is 16.4 Å². The molecule has 1 atom stereocenters. The lowest BCUT2D eigenvalue weighted by Crippen LogP contribution is -2.48. The van der Waals surface area contributed by atoms with E-state index in [1.165, 1.54) is 6.20 Å². The normalized spacial score (nSPS) is 15.6. The Balaban J connectivity index is 1.68. The number of ether oxygens (including phenoxy) is 1. The smallest absolute Gasteiger partial charge is 0.316 e. The monoisotopic (exact) mass is 564 g/mol. The molecule has 1 unspecified atom stereocenters. The van der Waals surface area contributed by atoms with Crippen molar-refractivity contribution in [2.75, 3.05) is 37.7 Å². The second-order valence-electron chi connectivity index (χ2n) is 10.1. The molecule has 0 amide bonds. The second-order valence-corrected chi connectivity index (χ2v) is 12.6. The van der Waals surface area contributed by atoms with Gasteiger partial charge in [0.1, 0.15) is 17.3 Å². The van der Waals surface area contributed by atoms with Gasteiger partial charge < -0.3 is 9.64 Å². The fraction of sp³-hybridized carbons (Fsp3) is 0.407. The molecule has 3 aromatic rings. The van der Waals surface area contributed by atoms with Crippen molar-refractivity contribution in [2.24, 2.45) is 0 Å². The van der Waals surface area contributed by atoms with E-state index in [1.807, 2.05) is 49.0 Å². The molecule has 0 radical (unpaired) electrons. The minimum atomic E-state index is -1.10. The lowest BCUT2D eigenvalue weighted by atomic mass is 9.86. The van der Waals surface area contributed by atoms with Crippen LogP contribution >= 0.6 is 11.6 Å². The van der Waals surface area contributed by atoms with Crippen LogP contribution in [0.5, 0.6) is 5.75 Å². The molecule has 0 N–H and O–H groups in total. The molecule has 38 heavy (non-hydrogen) atoms. The molecule has 0 aliphatic carbocycles. The van der Waals surface area contributed by atoms with Gasteiger partial charge in [-0.3, -0.25) is 4.79 Å². The summed E-state index contributed by atoms with van der Waals surface area (Å²) >= 11 is 6.04. The summed E-state index contributed by atoms with van der Waals surface area (Å²) in [6, 6.07) is 10.2. The molecular weight excluding hydrogens is 534 g/mol. The van der Waals surface area contributed by atoms with Crippen molar-refractivity contribution in [1.29, 1.82) is 0 Å². The van der Waals surface area contributed by atoms with E-state index < -0.39 is 33.6 Å². The first-order valence-electron chi connectivity index (χ1n) is 12.3. The van der Waals surface area contributed by atoms with E-state index in [1.54, 1.807) is 12.1 Å². The van der Waals surface area contributed by atoms with Crippen LogP contribution in [0.1, 0.15) is 33.3 Å². The molecule has 1 aliphatic heterocycles. The molecule has 7 nitrogen and oxygen atoms in total. The Labute approximate surface area is 228 Å². The first-order chi connectivity index (χ1) is 18.0. The molecule has 4 rings (SSSR count). The predicted molar refractivity (Wildman–Crippen MR) is 147 cm³/mol. The summed E-state index contributed by atoms with van der Waals surface area (Å²) in [5, 5.41) is 4.84. The summed E-state index contributed by atoms with van der Waals surface area (Å²) in [4.78, 5) is 15.6. The molecule has 0 spiro atoms. The number of piperazine rings is 1. The van der Waals surface area contributed by atoms with Crippen molar-refractivity contribution in [1.82, 2.24) is 14.1 Å². The van der Waals surface area contributed by atoms with Gasteiger partial charge in [0.25, 0.3) is 0 Å². The molecule has 1 saturated heterocycles. The molecule has 1 aliphatic rings. The van der Waals surface area contributed by atoms with Gasteiger partial charge in [0.15, 0.2) is 0 Å². The third-order valence-electron chi connectivity index (χ3n) is 6.45. The summed E-state index contributed by atoms with van der Waals surface area (Å²) in [7, 11) is -1.10. The minimum absolute atomic E-state index is 0.00722. The van der Waals surface area contributed by atoms with Gasteiger partial charge >= 0.3 is 5.56 Å². The molecule has 204 valence electrons. The van der Waals surface area contributed by atoms with Crippen LogP contribution in [-0.4, -0.2) is 56.3 Å². The Kier molecular flexibility index (Phi) is 8.54. The van der Waals surface area contributed by atoms with Crippen LogP contribution < -0.4 is 15.2 Å². The minimum Gasteiger partial charge on any atom is -0.485 e. The zero-order valence-corrected chi connectivity index (χ0v) is 23.4. The maximum absolute atomic E-state index is 13.9. The van der Waals surface area contributed by atoms with Gasteiger partial charge in [0.2, 0.25) is 5.75 Å².